The molecule has 0 bridgehead atoms. The van der Waals surface area contributed by atoms with Crippen LogP contribution in [0.1, 0.15) is 45.4 Å². The number of rotatable bonds is 4. The maximum atomic E-state index is 11.6. The Kier molecular flexibility index (Phi) is 5.37. The van der Waals surface area contributed by atoms with Crippen molar-refractivity contribution in [2.45, 2.75) is 57.3 Å². The molecule has 1 spiro atoms. The highest BCUT2D eigenvalue weighted by atomic mass is 16.7. The first-order valence-corrected chi connectivity index (χ1v) is 7.53. The molecule has 1 heterocycles. The first kappa shape index (κ1) is 15.3. The Morgan fingerprint density at radius 3 is 2.55 bits per heavy atom. The summed E-state index contributed by atoms with van der Waals surface area (Å²) in [6.07, 6.45) is 5.98. The number of hydrogen-bond acceptors (Lipinski definition) is 4. The summed E-state index contributed by atoms with van der Waals surface area (Å²) in [5, 5.41) is 5.14. The van der Waals surface area contributed by atoms with Crippen molar-refractivity contribution >= 4 is 11.8 Å². The molecule has 2 amide bonds. The fourth-order valence-electron chi connectivity index (χ4n) is 2.68. The molecule has 6 nitrogen and oxygen atoms in total. The molecule has 1 saturated heterocycles. The van der Waals surface area contributed by atoms with Crippen molar-refractivity contribution in [1.29, 1.82) is 0 Å². The monoisotopic (exact) mass is 284 g/mol. The van der Waals surface area contributed by atoms with Crippen molar-refractivity contribution in [2.24, 2.45) is 0 Å². The van der Waals surface area contributed by atoms with Crippen molar-refractivity contribution in [3.05, 3.63) is 0 Å². The smallest absolute Gasteiger partial charge is 0.309 e. The van der Waals surface area contributed by atoms with E-state index in [2.05, 4.69) is 10.6 Å². The third-order valence-corrected chi connectivity index (χ3v) is 3.76. The Balaban J connectivity index is 1.70. The minimum Gasteiger partial charge on any atom is -0.348 e. The van der Waals surface area contributed by atoms with Gasteiger partial charge in [-0.2, -0.15) is 0 Å². The van der Waals surface area contributed by atoms with Crippen molar-refractivity contribution < 1.29 is 19.1 Å². The van der Waals surface area contributed by atoms with E-state index < -0.39 is 17.6 Å². The molecule has 2 N–H and O–H groups in total. The van der Waals surface area contributed by atoms with Gasteiger partial charge in [-0.1, -0.05) is 13.3 Å². The summed E-state index contributed by atoms with van der Waals surface area (Å²) in [5.41, 5.74) is 0. The Bertz CT molecular complexity index is 353. The van der Waals surface area contributed by atoms with Crippen LogP contribution in [0.15, 0.2) is 0 Å². The van der Waals surface area contributed by atoms with Gasteiger partial charge in [0.1, 0.15) is 6.10 Å². The quantitative estimate of drug-likeness (QED) is 0.745. The molecule has 114 valence electrons. The highest BCUT2D eigenvalue weighted by Gasteiger charge is 2.42. The molecule has 2 aliphatic rings. The Morgan fingerprint density at radius 2 is 1.85 bits per heavy atom. The molecule has 20 heavy (non-hydrogen) atoms. The normalized spacial score (nSPS) is 24.6. The van der Waals surface area contributed by atoms with Gasteiger partial charge in [0.15, 0.2) is 5.79 Å². The second-order valence-corrected chi connectivity index (χ2v) is 5.49. The van der Waals surface area contributed by atoms with Crippen molar-refractivity contribution in [1.82, 2.24) is 10.6 Å². The van der Waals surface area contributed by atoms with Crippen LogP contribution in [0, 0.1) is 0 Å². The van der Waals surface area contributed by atoms with Gasteiger partial charge in [-0.05, 0) is 19.3 Å². The molecule has 1 saturated carbocycles. The maximum absolute atomic E-state index is 11.6. The van der Waals surface area contributed by atoms with E-state index in [4.69, 9.17) is 9.47 Å². The van der Waals surface area contributed by atoms with Gasteiger partial charge < -0.3 is 20.1 Å². The lowest BCUT2D eigenvalue weighted by Gasteiger charge is -2.31. The number of hydrogen-bond donors (Lipinski definition) is 2. The molecule has 1 aliphatic heterocycles. The highest BCUT2D eigenvalue weighted by Crippen LogP contribution is 2.37. The second-order valence-electron chi connectivity index (χ2n) is 5.49. The molecule has 0 radical (unpaired) electrons. The average molecular weight is 284 g/mol. The van der Waals surface area contributed by atoms with Crippen LogP contribution in [0.4, 0.5) is 0 Å². The van der Waals surface area contributed by atoms with Crippen LogP contribution in [0.2, 0.25) is 0 Å². The number of amides is 2. The van der Waals surface area contributed by atoms with Crippen molar-refractivity contribution in [3.8, 4) is 0 Å². The third-order valence-electron chi connectivity index (χ3n) is 3.76. The molecule has 2 fully saturated rings. The van der Waals surface area contributed by atoms with E-state index >= 15 is 0 Å². The summed E-state index contributed by atoms with van der Waals surface area (Å²) in [4.78, 5) is 23.0. The van der Waals surface area contributed by atoms with Crippen LogP contribution < -0.4 is 10.6 Å². The molecule has 6 heteroatoms. The molecule has 2 rings (SSSR count). The Hall–Kier alpha value is -1.14. The molecule has 0 aromatic heterocycles. The van der Waals surface area contributed by atoms with Gasteiger partial charge in [0.2, 0.25) is 0 Å². The Labute approximate surface area is 119 Å². The van der Waals surface area contributed by atoms with Gasteiger partial charge in [0.25, 0.3) is 0 Å². The Morgan fingerprint density at radius 1 is 1.15 bits per heavy atom. The van der Waals surface area contributed by atoms with E-state index in [1.165, 1.54) is 6.42 Å². The molecular weight excluding hydrogens is 260 g/mol. The molecule has 1 atom stereocenters. The SMILES string of the molecule is CCCNC(=O)C(=O)NC[C@H]1COC2(CCCCC2)O1. The van der Waals surface area contributed by atoms with E-state index in [0.29, 0.717) is 19.7 Å². The first-order chi connectivity index (χ1) is 9.65. The minimum atomic E-state index is -0.605. The summed E-state index contributed by atoms with van der Waals surface area (Å²) in [7, 11) is 0. The molecular formula is C14H24N2O4. The molecule has 0 aromatic rings. The largest absolute Gasteiger partial charge is 0.348 e. The lowest BCUT2D eigenvalue weighted by molar-refractivity contribution is -0.186. The summed E-state index contributed by atoms with van der Waals surface area (Å²) in [6.45, 7) is 3.25. The first-order valence-electron chi connectivity index (χ1n) is 7.53. The van der Waals surface area contributed by atoms with Crippen molar-refractivity contribution in [2.75, 3.05) is 19.7 Å². The van der Waals surface area contributed by atoms with Crippen LogP contribution >= 0.6 is 0 Å². The number of carbonyl (C=O) groups is 2. The predicted octanol–water partition coefficient (Wildman–Crippen LogP) is 0.705. The second kappa shape index (κ2) is 7.04. The lowest BCUT2D eigenvalue weighted by atomic mass is 9.94. The van der Waals surface area contributed by atoms with E-state index in [-0.39, 0.29) is 6.10 Å². The van der Waals surface area contributed by atoms with Crippen LogP contribution in [0.5, 0.6) is 0 Å². The third kappa shape index (κ3) is 3.93. The lowest BCUT2D eigenvalue weighted by Crippen LogP contribution is -2.43. The topological polar surface area (TPSA) is 76.7 Å². The standard InChI is InChI=1S/C14H24N2O4/c1-2-8-15-12(17)13(18)16-9-11-10-19-14(20-11)6-4-3-5-7-14/h11H,2-10H2,1H3,(H,15,17)(H,16,18)/t11-/m0/s1. The fraction of sp³-hybridized carbons (Fsp3) is 0.857. The van der Waals surface area contributed by atoms with Crippen molar-refractivity contribution in [3.63, 3.8) is 0 Å². The highest BCUT2D eigenvalue weighted by molar-refractivity contribution is 6.35. The summed E-state index contributed by atoms with van der Waals surface area (Å²) >= 11 is 0. The van der Waals surface area contributed by atoms with Gasteiger partial charge in [-0.25, -0.2) is 0 Å². The van der Waals surface area contributed by atoms with E-state index in [9.17, 15) is 9.59 Å². The van der Waals surface area contributed by atoms with E-state index in [1.807, 2.05) is 6.92 Å². The van der Waals surface area contributed by atoms with Crippen LogP contribution in [0.3, 0.4) is 0 Å². The maximum Gasteiger partial charge on any atom is 0.309 e. The summed E-state index contributed by atoms with van der Waals surface area (Å²) < 4.78 is 11.7. The van der Waals surface area contributed by atoms with Gasteiger partial charge in [-0.15, -0.1) is 0 Å². The molecule has 0 aromatic carbocycles. The average Bonchev–Trinajstić information content (AvgIpc) is 2.85. The fourth-order valence-corrected chi connectivity index (χ4v) is 2.68. The minimum absolute atomic E-state index is 0.156. The van der Waals surface area contributed by atoms with Gasteiger partial charge in [0, 0.05) is 25.9 Å². The number of ether oxygens (including phenoxy) is 2. The zero-order chi connectivity index (χ0) is 14.4. The van der Waals surface area contributed by atoms with E-state index in [1.54, 1.807) is 0 Å². The predicted molar refractivity (Wildman–Crippen MR) is 73.0 cm³/mol. The number of carbonyl (C=O) groups excluding carboxylic acids is 2. The van der Waals surface area contributed by atoms with Crippen LogP contribution in [0.25, 0.3) is 0 Å². The van der Waals surface area contributed by atoms with Crippen LogP contribution in [-0.2, 0) is 19.1 Å². The summed E-state index contributed by atoms with van der Waals surface area (Å²) in [6, 6.07) is 0. The molecule has 1 aliphatic carbocycles. The number of nitrogens with one attached hydrogen (secondary N) is 2. The van der Waals surface area contributed by atoms with E-state index in [0.717, 1.165) is 32.1 Å². The zero-order valence-electron chi connectivity index (χ0n) is 12.1. The van der Waals surface area contributed by atoms with Gasteiger partial charge in [0.05, 0.1) is 6.61 Å². The zero-order valence-corrected chi connectivity index (χ0v) is 12.1. The van der Waals surface area contributed by atoms with Gasteiger partial charge in [-0.3, -0.25) is 9.59 Å². The summed E-state index contributed by atoms with van der Waals surface area (Å²) in [5.74, 6) is -1.62. The van der Waals surface area contributed by atoms with Gasteiger partial charge >= 0.3 is 11.8 Å². The molecule has 0 unspecified atom stereocenters. The van der Waals surface area contributed by atoms with Crippen LogP contribution in [-0.4, -0.2) is 43.4 Å².